The Bertz CT molecular complexity index is 336. The normalized spacial score (nSPS) is 8.23. The van der Waals surface area contributed by atoms with Crippen LogP contribution in [0.5, 0.6) is 0 Å². The molecule has 0 bridgehead atoms. The maximum Gasteiger partial charge on any atom is 0.160 e. The predicted molar refractivity (Wildman–Crippen MR) is 63.5 cm³/mol. The van der Waals surface area contributed by atoms with Crippen LogP contribution < -0.4 is 5.73 Å². The van der Waals surface area contributed by atoms with Crippen molar-refractivity contribution < 1.29 is 8.78 Å². The van der Waals surface area contributed by atoms with Gasteiger partial charge in [0.2, 0.25) is 0 Å². The van der Waals surface area contributed by atoms with Crippen molar-refractivity contribution in [1.29, 1.82) is 5.26 Å². The van der Waals surface area contributed by atoms with Gasteiger partial charge in [-0.05, 0) is 6.07 Å². The second kappa shape index (κ2) is 6.31. The summed E-state index contributed by atoms with van der Waals surface area (Å²) < 4.78 is 24.7. The molecule has 0 fully saturated rings. The van der Waals surface area contributed by atoms with Crippen molar-refractivity contribution >= 4 is 42.9 Å². The van der Waals surface area contributed by atoms with Gasteiger partial charge >= 0.3 is 0 Å². The second-order valence-corrected chi connectivity index (χ2v) is 1.97. The molecular formula is C7H4F2I2N2. The largest absolute Gasteiger partial charge is 0.398 e. The van der Waals surface area contributed by atoms with Gasteiger partial charge in [0.1, 0.15) is 6.07 Å². The van der Waals surface area contributed by atoms with Crippen LogP contribution in [-0.2, 0) is 0 Å². The summed E-state index contributed by atoms with van der Waals surface area (Å²) in [6.07, 6.45) is 0. The molecule has 0 heterocycles. The number of hydrogen-bond donors (Lipinski definition) is 1. The zero-order valence-electron chi connectivity index (χ0n) is 6.19. The quantitative estimate of drug-likeness (QED) is 0.530. The molecule has 0 atom stereocenters. The Morgan fingerprint density at radius 1 is 1.23 bits per heavy atom. The Labute approximate surface area is 97.4 Å². The average molecular weight is 408 g/mol. The summed E-state index contributed by atoms with van der Waals surface area (Å²) in [5.41, 5.74) is 5.07. The van der Waals surface area contributed by atoms with Gasteiger partial charge in [0.25, 0.3) is 0 Å². The highest BCUT2D eigenvalue weighted by atomic mass is 128. The van der Waals surface area contributed by atoms with Crippen molar-refractivity contribution in [1.82, 2.24) is 0 Å². The second-order valence-electron chi connectivity index (χ2n) is 1.97. The molecule has 0 saturated carbocycles. The van der Waals surface area contributed by atoms with Crippen LogP contribution in [0.4, 0.5) is 14.5 Å². The Hall–Kier alpha value is -0.170. The van der Waals surface area contributed by atoms with E-state index in [1.807, 2.05) is 0 Å². The van der Waals surface area contributed by atoms with E-state index in [1.54, 1.807) is 6.07 Å². The highest BCUT2D eigenvalue weighted by Crippen LogP contribution is 2.15. The molecule has 0 aliphatic rings. The lowest BCUT2D eigenvalue weighted by atomic mass is 10.2. The SMILES string of the molecule is II.N#Cc1cc(F)c(F)cc1N. The van der Waals surface area contributed by atoms with Crippen molar-refractivity contribution in [2.24, 2.45) is 0 Å². The highest BCUT2D eigenvalue weighted by Gasteiger charge is 2.05. The summed E-state index contributed by atoms with van der Waals surface area (Å²) in [5.74, 6) is -2.10. The van der Waals surface area contributed by atoms with E-state index in [-0.39, 0.29) is 11.3 Å². The van der Waals surface area contributed by atoms with Gasteiger partial charge in [-0.3, -0.25) is 0 Å². The molecule has 0 aromatic heterocycles. The number of halogens is 4. The molecule has 0 amide bonds. The first-order valence-corrected chi connectivity index (χ1v) is 9.22. The Kier molecular flexibility index (Phi) is 6.23. The molecule has 0 unspecified atom stereocenters. The average Bonchev–Trinajstić information content (AvgIpc) is 2.15. The van der Waals surface area contributed by atoms with Crippen LogP contribution in [0.25, 0.3) is 0 Å². The monoisotopic (exact) mass is 408 g/mol. The van der Waals surface area contributed by atoms with Gasteiger partial charge in [-0.1, -0.05) is 0 Å². The molecule has 0 radical (unpaired) electrons. The summed E-state index contributed by atoms with van der Waals surface area (Å²) in [5, 5.41) is 8.31. The van der Waals surface area contributed by atoms with Crippen LogP contribution >= 0.6 is 37.2 Å². The Morgan fingerprint density at radius 3 is 2.15 bits per heavy atom. The molecule has 6 heteroatoms. The zero-order chi connectivity index (χ0) is 10.4. The number of nitriles is 1. The van der Waals surface area contributed by atoms with E-state index in [2.05, 4.69) is 37.2 Å². The van der Waals surface area contributed by atoms with Crippen molar-refractivity contribution in [2.45, 2.75) is 0 Å². The third-order valence-corrected chi connectivity index (χ3v) is 1.21. The number of anilines is 1. The topological polar surface area (TPSA) is 49.8 Å². The van der Waals surface area contributed by atoms with E-state index in [1.165, 1.54) is 0 Å². The smallest absolute Gasteiger partial charge is 0.160 e. The molecule has 2 N–H and O–H groups in total. The van der Waals surface area contributed by atoms with Gasteiger partial charge in [-0.15, -0.1) is 0 Å². The minimum absolute atomic E-state index is 0.0496. The molecule has 0 aliphatic carbocycles. The molecule has 1 rings (SSSR count). The molecule has 0 saturated heterocycles. The molecule has 0 aliphatic heterocycles. The third-order valence-electron chi connectivity index (χ3n) is 1.21. The van der Waals surface area contributed by atoms with Crippen molar-refractivity contribution in [3.8, 4) is 6.07 Å². The van der Waals surface area contributed by atoms with E-state index in [0.29, 0.717) is 0 Å². The predicted octanol–water partition coefficient (Wildman–Crippen LogP) is 3.19. The number of nitrogens with zero attached hydrogens (tertiary/aromatic N) is 1. The molecule has 2 nitrogen and oxygen atoms in total. The summed E-state index contributed by atoms with van der Waals surface area (Å²) in [7, 11) is 0. The van der Waals surface area contributed by atoms with Crippen LogP contribution in [0.15, 0.2) is 12.1 Å². The summed E-state index contributed by atoms with van der Waals surface area (Å²) in [6, 6.07) is 3.19. The first-order valence-electron chi connectivity index (χ1n) is 2.94. The van der Waals surface area contributed by atoms with Gasteiger partial charge in [0.05, 0.1) is 11.3 Å². The molecule has 13 heavy (non-hydrogen) atoms. The van der Waals surface area contributed by atoms with Crippen molar-refractivity contribution in [3.05, 3.63) is 29.3 Å². The van der Waals surface area contributed by atoms with E-state index in [9.17, 15) is 8.78 Å². The van der Waals surface area contributed by atoms with Crippen molar-refractivity contribution in [2.75, 3.05) is 5.73 Å². The zero-order valence-corrected chi connectivity index (χ0v) is 10.5. The molecule has 70 valence electrons. The number of nitrogen functional groups attached to an aromatic ring is 1. The highest BCUT2D eigenvalue weighted by molar-refractivity contribution is 15.0. The van der Waals surface area contributed by atoms with Gasteiger partial charge in [0, 0.05) is 43.3 Å². The van der Waals surface area contributed by atoms with Crippen LogP contribution in [-0.4, -0.2) is 0 Å². The lowest BCUT2D eigenvalue weighted by molar-refractivity contribution is 0.509. The molecule has 0 spiro atoms. The van der Waals surface area contributed by atoms with Gasteiger partial charge in [-0.2, -0.15) is 5.26 Å². The van der Waals surface area contributed by atoms with Gasteiger partial charge in [0.15, 0.2) is 11.6 Å². The summed E-state index contributed by atoms with van der Waals surface area (Å²) in [4.78, 5) is 0. The van der Waals surface area contributed by atoms with E-state index in [0.717, 1.165) is 12.1 Å². The minimum Gasteiger partial charge on any atom is -0.398 e. The number of benzene rings is 1. The number of rotatable bonds is 0. The van der Waals surface area contributed by atoms with Crippen LogP contribution in [0.2, 0.25) is 0 Å². The van der Waals surface area contributed by atoms with E-state index < -0.39 is 11.6 Å². The number of nitrogens with two attached hydrogens (primary N) is 1. The minimum atomic E-state index is -1.06. The maximum atomic E-state index is 12.4. The fourth-order valence-corrected chi connectivity index (χ4v) is 0.659. The van der Waals surface area contributed by atoms with Gasteiger partial charge < -0.3 is 5.73 Å². The lowest BCUT2D eigenvalue weighted by Gasteiger charge is -1.96. The molecule has 1 aromatic rings. The summed E-state index contributed by atoms with van der Waals surface area (Å²) in [6.45, 7) is 0. The Balaban J connectivity index is 0.000000671. The standard InChI is InChI=1S/C7H4F2N2.I2/c8-5-1-4(3-10)7(11)2-6(5)9;1-2/h1-2H,11H2;. The molecule has 1 aromatic carbocycles. The van der Waals surface area contributed by atoms with Crippen molar-refractivity contribution in [3.63, 3.8) is 0 Å². The van der Waals surface area contributed by atoms with E-state index >= 15 is 0 Å². The van der Waals surface area contributed by atoms with Crippen LogP contribution in [0.3, 0.4) is 0 Å². The fourth-order valence-electron chi connectivity index (χ4n) is 0.659. The third kappa shape index (κ3) is 3.60. The fraction of sp³-hybridized carbons (Fsp3) is 0. The van der Waals surface area contributed by atoms with Gasteiger partial charge in [-0.25, -0.2) is 8.78 Å². The van der Waals surface area contributed by atoms with Crippen LogP contribution in [0.1, 0.15) is 5.56 Å². The lowest BCUT2D eigenvalue weighted by Crippen LogP contribution is -1.94. The van der Waals surface area contributed by atoms with E-state index in [4.69, 9.17) is 11.0 Å². The van der Waals surface area contributed by atoms with Crippen LogP contribution in [0, 0.1) is 23.0 Å². The molecular weight excluding hydrogens is 404 g/mol. The number of hydrogen-bond acceptors (Lipinski definition) is 2. The first-order chi connectivity index (χ1) is 6.15. The maximum absolute atomic E-state index is 12.4. The summed E-state index contributed by atoms with van der Waals surface area (Å²) >= 11 is 4.24. The Morgan fingerprint density at radius 2 is 1.69 bits per heavy atom. The first kappa shape index (κ1) is 12.8.